The van der Waals surface area contributed by atoms with Crippen LogP contribution in [0.25, 0.3) is 0 Å². The highest BCUT2D eigenvalue weighted by molar-refractivity contribution is 9.09. The molecule has 1 aromatic rings. The molecule has 1 aliphatic carbocycles. The molecule has 1 unspecified atom stereocenters. The number of halogens is 6. The highest BCUT2D eigenvalue weighted by Gasteiger charge is 2.37. The minimum Gasteiger partial charge on any atom is -0.429 e. The van der Waals surface area contributed by atoms with Crippen LogP contribution in [0.3, 0.4) is 0 Å². The number of hydrogen-bond acceptors (Lipinski definition) is 1. The van der Waals surface area contributed by atoms with Gasteiger partial charge in [-0.25, -0.2) is 0 Å². The van der Waals surface area contributed by atoms with Crippen molar-refractivity contribution in [1.29, 1.82) is 0 Å². The lowest BCUT2D eigenvalue weighted by Crippen LogP contribution is -2.27. The van der Waals surface area contributed by atoms with E-state index in [4.69, 9.17) is 0 Å². The summed E-state index contributed by atoms with van der Waals surface area (Å²) in [6.45, 7) is 0. The summed E-state index contributed by atoms with van der Waals surface area (Å²) in [5, 5.41) is 0. The van der Waals surface area contributed by atoms with Gasteiger partial charge in [0.2, 0.25) is 0 Å². The third-order valence-corrected chi connectivity index (χ3v) is 3.49. The topological polar surface area (TPSA) is 9.23 Å². The van der Waals surface area contributed by atoms with E-state index in [2.05, 4.69) is 20.7 Å². The third kappa shape index (κ3) is 4.06. The van der Waals surface area contributed by atoms with Crippen molar-refractivity contribution in [3.05, 3.63) is 53.6 Å². The normalized spacial score (nSPS) is 19.3. The summed E-state index contributed by atoms with van der Waals surface area (Å²) >= 11 is 3.25. The molecule has 0 saturated heterocycles. The van der Waals surface area contributed by atoms with Crippen LogP contribution in [-0.2, 0) is 6.18 Å². The van der Waals surface area contributed by atoms with Gasteiger partial charge in [0.05, 0.1) is 11.1 Å². The van der Waals surface area contributed by atoms with Gasteiger partial charge in [0.25, 0.3) is 0 Å². The second-order valence-electron chi connectivity index (χ2n) is 4.41. The molecule has 0 amide bonds. The number of hydrogen-bond donors (Lipinski definition) is 0. The Kier molecular flexibility index (Phi) is 4.41. The molecule has 114 valence electrons. The molecule has 0 bridgehead atoms. The first-order chi connectivity index (χ1) is 9.68. The van der Waals surface area contributed by atoms with E-state index in [1.807, 2.05) is 0 Å². The zero-order valence-electron chi connectivity index (χ0n) is 10.5. The van der Waals surface area contributed by atoms with Crippen molar-refractivity contribution in [2.24, 2.45) is 0 Å². The predicted molar refractivity (Wildman–Crippen MR) is 71.6 cm³/mol. The molecule has 0 N–H and O–H groups in total. The minimum absolute atomic E-state index is 0.0110. The second kappa shape index (κ2) is 5.79. The molecule has 0 spiro atoms. The van der Waals surface area contributed by atoms with E-state index in [0.717, 1.165) is 12.1 Å². The Morgan fingerprint density at radius 1 is 1.05 bits per heavy atom. The fourth-order valence-electron chi connectivity index (χ4n) is 1.73. The number of rotatable bonds is 3. The smallest absolute Gasteiger partial charge is 0.426 e. The van der Waals surface area contributed by atoms with Crippen LogP contribution in [0.4, 0.5) is 22.0 Å². The monoisotopic (exact) mass is 368 g/mol. The van der Waals surface area contributed by atoms with E-state index >= 15 is 0 Å². The largest absolute Gasteiger partial charge is 0.429 e. The van der Waals surface area contributed by atoms with Gasteiger partial charge in [-0.05, 0) is 30.7 Å². The first kappa shape index (κ1) is 16.0. The first-order valence-electron chi connectivity index (χ1n) is 5.95. The fourth-order valence-corrected chi connectivity index (χ4v) is 2.07. The lowest BCUT2D eigenvalue weighted by Gasteiger charge is -2.21. The molecular formula is C14H10BrF5O. The molecular weight excluding hydrogens is 359 g/mol. The van der Waals surface area contributed by atoms with Crippen LogP contribution in [0, 0.1) is 0 Å². The highest BCUT2D eigenvalue weighted by Crippen LogP contribution is 2.34. The van der Waals surface area contributed by atoms with E-state index < -0.39 is 17.8 Å². The maximum atomic E-state index is 13.9. The van der Waals surface area contributed by atoms with Crippen molar-refractivity contribution in [2.75, 3.05) is 0 Å². The van der Waals surface area contributed by atoms with Gasteiger partial charge >= 0.3 is 12.3 Å². The van der Waals surface area contributed by atoms with Gasteiger partial charge in [0.1, 0.15) is 5.75 Å². The summed E-state index contributed by atoms with van der Waals surface area (Å²) in [7, 11) is 0. The Morgan fingerprint density at radius 2 is 1.67 bits per heavy atom. The molecule has 0 saturated carbocycles. The molecule has 7 heteroatoms. The van der Waals surface area contributed by atoms with E-state index in [0.29, 0.717) is 18.6 Å². The van der Waals surface area contributed by atoms with E-state index in [1.54, 1.807) is 6.08 Å². The lowest BCUT2D eigenvalue weighted by molar-refractivity contribution is -0.140. The molecule has 21 heavy (non-hydrogen) atoms. The van der Waals surface area contributed by atoms with E-state index in [9.17, 15) is 22.0 Å². The molecule has 0 fully saturated rings. The molecule has 1 aromatic carbocycles. The number of allylic oxidation sites excluding steroid dienone is 2. The van der Waals surface area contributed by atoms with Crippen molar-refractivity contribution >= 4 is 15.9 Å². The van der Waals surface area contributed by atoms with E-state index in [1.165, 1.54) is 12.2 Å². The summed E-state index contributed by atoms with van der Waals surface area (Å²) in [6.07, 6.45) is -3.61. The Labute approximate surface area is 126 Å². The maximum Gasteiger partial charge on any atom is 0.426 e. The lowest BCUT2D eigenvalue weighted by atomic mass is 10.1. The van der Waals surface area contributed by atoms with Crippen molar-refractivity contribution < 1.29 is 26.7 Å². The molecule has 1 nitrogen and oxygen atoms in total. The second-order valence-corrected chi connectivity index (χ2v) is 5.59. The van der Waals surface area contributed by atoms with Crippen LogP contribution in [0.5, 0.6) is 5.75 Å². The van der Waals surface area contributed by atoms with Crippen LogP contribution < -0.4 is 4.74 Å². The summed E-state index contributed by atoms with van der Waals surface area (Å²) in [5.41, 5.74) is -1.24. The van der Waals surface area contributed by atoms with Crippen LogP contribution in [0.2, 0.25) is 0 Å². The van der Waals surface area contributed by atoms with Gasteiger partial charge < -0.3 is 4.74 Å². The summed E-state index contributed by atoms with van der Waals surface area (Å²) < 4.78 is 69.4. The zero-order valence-corrected chi connectivity index (χ0v) is 12.1. The molecule has 0 radical (unpaired) electrons. The number of alkyl halides is 6. The molecule has 0 aliphatic heterocycles. The van der Waals surface area contributed by atoms with Crippen molar-refractivity contribution in [3.63, 3.8) is 0 Å². The Morgan fingerprint density at radius 3 is 2.14 bits per heavy atom. The van der Waals surface area contributed by atoms with Crippen LogP contribution in [0.15, 0.2) is 48.1 Å². The molecule has 0 heterocycles. The zero-order chi connectivity index (χ0) is 15.7. The third-order valence-electron chi connectivity index (χ3n) is 2.81. The molecule has 0 aromatic heterocycles. The van der Waals surface area contributed by atoms with Gasteiger partial charge in [0, 0.05) is 4.83 Å². The predicted octanol–water partition coefficient (Wildman–Crippen LogP) is 5.33. The number of ether oxygens (including phenoxy) is 1. The summed E-state index contributed by atoms with van der Waals surface area (Å²) in [6, 6.07) is 3.14. The van der Waals surface area contributed by atoms with Crippen LogP contribution in [-0.4, -0.2) is 10.9 Å². The number of benzene rings is 1. The van der Waals surface area contributed by atoms with Gasteiger partial charge in [0.15, 0.2) is 0 Å². The van der Waals surface area contributed by atoms with Crippen molar-refractivity contribution in [3.8, 4) is 5.75 Å². The van der Waals surface area contributed by atoms with Crippen LogP contribution >= 0.6 is 15.9 Å². The van der Waals surface area contributed by atoms with Crippen LogP contribution in [0.1, 0.15) is 12.0 Å². The van der Waals surface area contributed by atoms with Gasteiger partial charge in [-0.2, -0.15) is 22.0 Å². The average Bonchev–Trinajstić information content (AvgIpc) is 2.38. The van der Waals surface area contributed by atoms with Gasteiger partial charge in [-0.3, -0.25) is 0 Å². The highest BCUT2D eigenvalue weighted by atomic mass is 79.9. The minimum atomic E-state index is -4.51. The summed E-state index contributed by atoms with van der Waals surface area (Å²) in [4.78, 5) is -0.0110. The fraction of sp³-hybridized carbons (Fsp3) is 0.286. The first-order valence-corrected chi connectivity index (χ1v) is 6.87. The Bertz CT molecular complexity index is 560. The van der Waals surface area contributed by atoms with E-state index in [-0.39, 0.29) is 16.1 Å². The quantitative estimate of drug-likeness (QED) is 0.517. The SMILES string of the molecule is FC(F)(Oc1ccc(C(F)(F)F)cc1)C1=CCC(Br)C=C1. The van der Waals surface area contributed by atoms with Gasteiger partial charge in [-0.15, -0.1) is 0 Å². The standard InChI is InChI=1S/C14H10BrF5O/c15-11-5-1-10(2-6-11)14(19,20)21-12-7-3-9(4-8-12)13(16,17)18/h1-5,7-8,11H,6H2. The van der Waals surface area contributed by atoms with Crippen molar-refractivity contribution in [2.45, 2.75) is 23.5 Å². The molecule has 1 aliphatic rings. The Hall–Kier alpha value is -1.37. The Balaban J connectivity index is 2.12. The van der Waals surface area contributed by atoms with Crippen molar-refractivity contribution in [1.82, 2.24) is 0 Å². The maximum absolute atomic E-state index is 13.9. The average molecular weight is 369 g/mol. The summed E-state index contributed by atoms with van der Waals surface area (Å²) in [5.74, 6) is -0.330. The molecule has 2 rings (SSSR count). The molecule has 1 atom stereocenters. The van der Waals surface area contributed by atoms with Gasteiger partial charge in [-0.1, -0.05) is 34.2 Å².